The van der Waals surface area contributed by atoms with Crippen LogP contribution in [0.2, 0.25) is 5.02 Å². The molecule has 162 valence electrons. The number of anilines is 1. The van der Waals surface area contributed by atoms with E-state index >= 15 is 0 Å². The van der Waals surface area contributed by atoms with Gasteiger partial charge in [-0.3, -0.25) is 4.79 Å². The van der Waals surface area contributed by atoms with Gasteiger partial charge in [-0.1, -0.05) is 59.8 Å². The number of hydrogen-bond acceptors (Lipinski definition) is 6. The van der Waals surface area contributed by atoms with Gasteiger partial charge in [0.2, 0.25) is 11.1 Å². The van der Waals surface area contributed by atoms with E-state index in [4.69, 9.17) is 11.6 Å². The number of nitrogens with one attached hydrogen (secondary N) is 1. The summed E-state index contributed by atoms with van der Waals surface area (Å²) in [6, 6.07) is 13.7. The van der Waals surface area contributed by atoms with Crippen LogP contribution in [-0.2, 0) is 10.5 Å². The second kappa shape index (κ2) is 8.44. The fraction of sp³-hybridized carbons (Fsp3) is 0.217. The number of thioether (sulfide) groups is 1. The Labute approximate surface area is 193 Å². The number of carboxylic acids is 1. The Bertz CT molecular complexity index is 1270. The molecule has 2 heterocycles. The molecule has 3 aromatic rings. The Morgan fingerprint density at radius 1 is 1.19 bits per heavy atom. The van der Waals surface area contributed by atoms with Crippen molar-refractivity contribution in [3.05, 3.63) is 81.5 Å². The molecule has 2 aromatic carbocycles. The molecule has 2 aliphatic rings. The Balaban J connectivity index is 1.57. The lowest BCUT2D eigenvalue weighted by Gasteiger charge is -2.32. The van der Waals surface area contributed by atoms with Gasteiger partial charge in [-0.05, 0) is 36.1 Å². The average molecular weight is 467 g/mol. The van der Waals surface area contributed by atoms with E-state index in [0.717, 1.165) is 17.7 Å². The summed E-state index contributed by atoms with van der Waals surface area (Å²) in [5.74, 6) is 0.0613. The standard InChI is InChI=1S/C23H19ClN4O3S/c24-16-9-4-1-6-13(16)12-32-23-26-22-25-17-10-5-11-18(29)19(17)20(28(22)27-23)14-7-2-3-8-15(14)21(30)31/h1-4,6-9,20H,5,10-12H2,(H,30,31)(H,25,26,27). The predicted octanol–water partition coefficient (Wildman–Crippen LogP) is 4.94. The number of carbonyl (C=O) groups is 2. The number of fused-ring (bicyclic) bond motifs is 1. The van der Waals surface area contributed by atoms with Crippen LogP contribution in [-0.4, -0.2) is 31.6 Å². The van der Waals surface area contributed by atoms with Gasteiger partial charge in [0.15, 0.2) is 5.78 Å². The number of hydrogen-bond donors (Lipinski definition) is 2. The van der Waals surface area contributed by atoms with Crippen LogP contribution in [0.1, 0.15) is 46.8 Å². The molecule has 0 saturated carbocycles. The van der Waals surface area contributed by atoms with Gasteiger partial charge >= 0.3 is 5.97 Å². The maximum absolute atomic E-state index is 12.9. The molecule has 0 amide bonds. The Morgan fingerprint density at radius 2 is 1.97 bits per heavy atom. The van der Waals surface area contributed by atoms with Crippen LogP contribution in [0.15, 0.2) is 65.0 Å². The number of aromatic carboxylic acids is 1. The topological polar surface area (TPSA) is 97.1 Å². The van der Waals surface area contributed by atoms with Crippen molar-refractivity contribution in [1.82, 2.24) is 14.8 Å². The fourth-order valence-electron chi connectivity index (χ4n) is 4.17. The summed E-state index contributed by atoms with van der Waals surface area (Å²) >= 11 is 7.70. The van der Waals surface area contributed by atoms with Gasteiger partial charge in [0.05, 0.1) is 5.56 Å². The summed E-state index contributed by atoms with van der Waals surface area (Å²) in [5, 5.41) is 18.9. The molecule has 2 N–H and O–H groups in total. The second-order valence-electron chi connectivity index (χ2n) is 7.63. The summed E-state index contributed by atoms with van der Waals surface area (Å²) in [4.78, 5) is 29.5. The van der Waals surface area contributed by atoms with E-state index in [9.17, 15) is 14.7 Å². The third kappa shape index (κ3) is 3.69. The first-order chi connectivity index (χ1) is 15.5. The van der Waals surface area contributed by atoms with Crippen molar-refractivity contribution in [3.8, 4) is 0 Å². The molecular formula is C23H19ClN4O3S. The fourth-order valence-corrected chi connectivity index (χ4v) is 5.29. The van der Waals surface area contributed by atoms with Crippen LogP contribution in [0.3, 0.4) is 0 Å². The zero-order valence-electron chi connectivity index (χ0n) is 16.9. The minimum Gasteiger partial charge on any atom is -0.478 e. The average Bonchev–Trinajstić information content (AvgIpc) is 3.20. The number of ketones is 1. The summed E-state index contributed by atoms with van der Waals surface area (Å²) < 4.78 is 1.64. The van der Waals surface area contributed by atoms with Gasteiger partial charge in [-0.2, -0.15) is 4.98 Å². The van der Waals surface area contributed by atoms with E-state index in [0.29, 0.717) is 45.9 Å². The Morgan fingerprint density at radius 3 is 2.78 bits per heavy atom. The van der Waals surface area contributed by atoms with E-state index in [1.807, 2.05) is 24.3 Å². The molecular weight excluding hydrogens is 448 g/mol. The van der Waals surface area contributed by atoms with Crippen LogP contribution in [0.5, 0.6) is 0 Å². The van der Waals surface area contributed by atoms with Gasteiger partial charge < -0.3 is 10.4 Å². The lowest BCUT2D eigenvalue weighted by Crippen LogP contribution is -2.32. The molecule has 9 heteroatoms. The largest absolute Gasteiger partial charge is 0.478 e. The maximum atomic E-state index is 12.9. The molecule has 0 spiro atoms. The third-order valence-corrected chi connectivity index (χ3v) is 6.90. The molecule has 0 saturated heterocycles. The summed E-state index contributed by atoms with van der Waals surface area (Å²) in [7, 11) is 0. The molecule has 1 aromatic heterocycles. The van der Waals surface area contributed by atoms with Crippen LogP contribution in [0, 0.1) is 0 Å². The molecule has 1 aliphatic carbocycles. The minimum absolute atomic E-state index is 0.00959. The molecule has 7 nitrogen and oxygen atoms in total. The van der Waals surface area contributed by atoms with E-state index in [1.54, 1.807) is 28.9 Å². The summed E-state index contributed by atoms with van der Waals surface area (Å²) in [6.45, 7) is 0. The number of aromatic nitrogens is 3. The van der Waals surface area contributed by atoms with Crippen molar-refractivity contribution in [1.29, 1.82) is 0 Å². The lowest BCUT2D eigenvalue weighted by atomic mass is 9.84. The van der Waals surface area contributed by atoms with Gasteiger partial charge in [-0.25, -0.2) is 9.48 Å². The maximum Gasteiger partial charge on any atom is 0.336 e. The molecule has 1 aliphatic heterocycles. The second-order valence-corrected chi connectivity index (χ2v) is 8.98. The van der Waals surface area contributed by atoms with Crippen molar-refractivity contribution in [2.45, 2.75) is 36.2 Å². The van der Waals surface area contributed by atoms with E-state index < -0.39 is 12.0 Å². The van der Waals surface area contributed by atoms with Crippen LogP contribution in [0.4, 0.5) is 5.95 Å². The number of carboxylic acid groups (broad SMARTS) is 1. The molecule has 0 radical (unpaired) electrons. The lowest BCUT2D eigenvalue weighted by molar-refractivity contribution is -0.116. The third-order valence-electron chi connectivity index (χ3n) is 5.65. The number of benzene rings is 2. The molecule has 1 unspecified atom stereocenters. The SMILES string of the molecule is O=C1CCCC2=C1C(c1ccccc1C(=O)O)n1nc(SCc3ccccc3Cl)nc1N2. The molecule has 0 fully saturated rings. The van der Waals surface area contributed by atoms with E-state index in [-0.39, 0.29) is 11.3 Å². The predicted molar refractivity (Wildman–Crippen MR) is 122 cm³/mol. The van der Waals surface area contributed by atoms with Gasteiger partial charge in [0.25, 0.3) is 0 Å². The number of rotatable bonds is 5. The highest BCUT2D eigenvalue weighted by molar-refractivity contribution is 7.98. The monoisotopic (exact) mass is 466 g/mol. The zero-order chi connectivity index (χ0) is 22.2. The smallest absolute Gasteiger partial charge is 0.336 e. The molecule has 0 bridgehead atoms. The Hall–Kier alpha value is -3.10. The number of Topliss-reactive ketones (excluding diaryl/α,β-unsaturated/α-hetero) is 1. The zero-order valence-corrected chi connectivity index (χ0v) is 18.5. The highest BCUT2D eigenvalue weighted by Crippen LogP contribution is 2.41. The first kappa shape index (κ1) is 20.8. The summed E-state index contributed by atoms with van der Waals surface area (Å²) in [5.41, 5.74) is 3.02. The minimum atomic E-state index is -1.04. The summed E-state index contributed by atoms with van der Waals surface area (Å²) in [6.07, 6.45) is 1.90. The van der Waals surface area contributed by atoms with Crippen molar-refractivity contribution >= 4 is 41.1 Å². The normalized spacial score (nSPS) is 17.5. The first-order valence-corrected chi connectivity index (χ1v) is 11.6. The number of halogens is 1. The Kier molecular flexibility index (Phi) is 5.48. The van der Waals surface area contributed by atoms with Crippen molar-refractivity contribution in [3.63, 3.8) is 0 Å². The van der Waals surface area contributed by atoms with Crippen molar-refractivity contribution in [2.24, 2.45) is 0 Å². The first-order valence-electron chi connectivity index (χ1n) is 10.2. The number of allylic oxidation sites excluding steroid dienone is 2. The van der Waals surface area contributed by atoms with Crippen LogP contribution in [0.25, 0.3) is 0 Å². The van der Waals surface area contributed by atoms with Gasteiger partial charge in [0.1, 0.15) is 6.04 Å². The van der Waals surface area contributed by atoms with E-state index in [1.165, 1.54) is 11.8 Å². The van der Waals surface area contributed by atoms with Crippen LogP contribution < -0.4 is 5.32 Å². The highest BCUT2D eigenvalue weighted by Gasteiger charge is 2.38. The van der Waals surface area contributed by atoms with Crippen LogP contribution >= 0.6 is 23.4 Å². The molecule has 1 atom stereocenters. The van der Waals surface area contributed by atoms with Crippen molar-refractivity contribution in [2.75, 3.05) is 5.32 Å². The number of carbonyl (C=O) groups excluding carboxylic acids is 1. The molecule has 5 rings (SSSR count). The highest BCUT2D eigenvalue weighted by atomic mass is 35.5. The quantitative estimate of drug-likeness (QED) is 0.514. The van der Waals surface area contributed by atoms with Gasteiger partial charge in [0, 0.05) is 28.5 Å². The van der Waals surface area contributed by atoms with E-state index in [2.05, 4.69) is 15.4 Å². The molecule has 32 heavy (non-hydrogen) atoms. The number of nitrogens with zero attached hydrogens (tertiary/aromatic N) is 3. The van der Waals surface area contributed by atoms with Gasteiger partial charge in [-0.15, -0.1) is 5.10 Å². The van der Waals surface area contributed by atoms with Crippen molar-refractivity contribution < 1.29 is 14.7 Å².